The van der Waals surface area contributed by atoms with E-state index < -0.39 is 0 Å². The third kappa shape index (κ3) is 6.26. The number of hydrogen-bond acceptors (Lipinski definition) is 3. The SMILES string of the molecule is C1=CC2Oc3ccc(-c4cccc(-n5c6ccccc6c6c7oc8ccc(-c9cccc(Nc%10ccccc%10-c%10ccccc%10)c9)cc8c7ccc65)c4)cc3C2C=C1n1c2ccccc2c2ccccc21. The zero-order valence-electron chi connectivity index (χ0n) is 38.5. The van der Waals surface area contributed by atoms with Gasteiger partial charge < -0.3 is 23.6 Å². The third-order valence-corrected chi connectivity index (χ3v) is 14.8. The molecule has 3 aromatic heterocycles. The number of hydrogen-bond donors (Lipinski definition) is 1. The molecular formula is C66H43N3O2. The fourth-order valence-corrected chi connectivity index (χ4v) is 11.6. The number of rotatable bonds is 7. The molecule has 0 spiro atoms. The maximum atomic E-state index is 6.88. The summed E-state index contributed by atoms with van der Waals surface area (Å²) in [6, 6.07) is 80.5. The Morgan fingerprint density at radius 1 is 0.437 bits per heavy atom. The molecule has 0 fully saturated rings. The second-order valence-electron chi connectivity index (χ2n) is 18.9. The largest absolute Gasteiger partial charge is 0.485 e. The molecule has 0 saturated heterocycles. The molecule has 13 aromatic rings. The van der Waals surface area contributed by atoms with Crippen molar-refractivity contribution in [1.82, 2.24) is 9.13 Å². The van der Waals surface area contributed by atoms with Gasteiger partial charge in [0, 0.05) is 66.7 Å². The number of fused-ring (bicyclic) bond motifs is 13. The topological polar surface area (TPSA) is 44.3 Å². The molecule has 1 N–H and O–H groups in total. The molecule has 0 radical (unpaired) electrons. The number of nitrogens with one attached hydrogen (secondary N) is 1. The molecule has 2 atom stereocenters. The highest BCUT2D eigenvalue weighted by Gasteiger charge is 2.34. The Balaban J connectivity index is 0.785. The number of ether oxygens (including phenoxy) is 1. The Morgan fingerprint density at radius 2 is 1.10 bits per heavy atom. The van der Waals surface area contributed by atoms with Crippen LogP contribution >= 0.6 is 0 Å². The van der Waals surface area contributed by atoms with Crippen LogP contribution in [0.1, 0.15) is 11.5 Å². The summed E-state index contributed by atoms with van der Waals surface area (Å²) in [6.07, 6.45) is 6.81. The molecule has 2 unspecified atom stereocenters. The van der Waals surface area contributed by atoms with Gasteiger partial charge in [-0.2, -0.15) is 0 Å². The van der Waals surface area contributed by atoms with Gasteiger partial charge in [0.2, 0.25) is 0 Å². The van der Waals surface area contributed by atoms with E-state index >= 15 is 0 Å². The lowest BCUT2D eigenvalue weighted by Gasteiger charge is -2.20. The normalized spacial score (nSPS) is 15.2. The Bertz CT molecular complexity index is 4320. The number of nitrogens with zero attached hydrogens (tertiary/aromatic N) is 2. The first-order valence-corrected chi connectivity index (χ1v) is 24.4. The number of aromatic nitrogens is 2. The van der Waals surface area contributed by atoms with E-state index in [0.29, 0.717) is 0 Å². The fraction of sp³-hybridized carbons (Fsp3) is 0.0303. The van der Waals surface area contributed by atoms with Gasteiger partial charge >= 0.3 is 0 Å². The zero-order chi connectivity index (χ0) is 46.6. The third-order valence-electron chi connectivity index (χ3n) is 14.8. The Morgan fingerprint density at radius 3 is 1.93 bits per heavy atom. The molecule has 2 aliphatic rings. The van der Waals surface area contributed by atoms with Crippen LogP contribution in [0.15, 0.2) is 247 Å². The van der Waals surface area contributed by atoms with Crippen LogP contribution in [0.25, 0.3) is 110 Å². The highest BCUT2D eigenvalue weighted by atomic mass is 16.5. The summed E-state index contributed by atoms with van der Waals surface area (Å²) in [4.78, 5) is 0. The van der Waals surface area contributed by atoms with Crippen molar-refractivity contribution in [2.45, 2.75) is 12.0 Å². The van der Waals surface area contributed by atoms with Crippen molar-refractivity contribution in [3.8, 4) is 44.8 Å². The molecule has 0 bridgehead atoms. The van der Waals surface area contributed by atoms with Crippen LogP contribution in [0, 0.1) is 0 Å². The quantitative estimate of drug-likeness (QED) is 0.173. The first-order valence-electron chi connectivity index (χ1n) is 24.4. The lowest BCUT2D eigenvalue weighted by molar-refractivity contribution is 0.269. The summed E-state index contributed by atoms with van der Waals surface area (Å²) in [5.41, 5.74) is 18.9. The first kappa shape index (κ1) is 39.7. The second-order valence-corrected chi connectivity index (χ2v) is 18.9. The molecule has 5 heteroatoms. The summed E-state index contributed by atoms with van der Waals surface area (Å²) in [5, 5.41) is 10.7. The smallest absolute Gasteiger partial charge is 0.145 e. The van der Waals surface area contributed by atoms with Crippen molar-refractivity contribution >= 4 is 82.6 Å². The van der Waals surface area contributed by atoms with E-state index in [9.17, 15) is 0 Å². The maximum Gasteiger partial charge on any atom is 0.145 e. The first-order chi connectivity index (χ1) is 35.2. The van der Waals surface area contributed by atoms with Gasteiger partial charge in [-0.05, 0) is 131 Å². The Kier molecular flexibility index (Phi) is 8.72. The van der Waals surface area contributed by atoms with Gasteiger partial charge in [0.05, 0.1) is 27.5 Å². The van der Waals surface area contributed by atoms with Gasteiger partial charge in [-0.3, -0.25) is 0 Å². The summed E-state index contributed by atoms with van der Waals surface area (Å²) in [6.45, 7) is 0. The predicted octanol–water partition coefficient (Wildman–Crippen LogP) is 17.5. The highest BCUT2D eigenvalue weighted by molar-refractivity contribution is 6.24. The summed E-state index contributed by atoms with van der Waals surface area (Å²) < 4.78 is 18.3. The van der Waals surface area contributed by atoms with Crippen LogP contribution in [-0.4, -0.2) is 15.2 Å². The van der Waals surface area contributed by atoms with Crippen molar-refractivity contribution in [3.63, 3.8) is 0 Å². The van der Waals surface area contributed by atoms with E-state index in [1.165, 1.54) is 38.5 Å². The minimum Gasteiger partial charge on any atom is -0.485 e. The molecule has 5 nitrogen and oxygen atoms in total. The molecular weight excluding hydrogens is 867 g/mol. The summed E-state index contributed by atoms with van der Waals surface area (Å²) in [7, 11) is 0. The van der Waals surface area contributed by atoms with E-state index in [4.69, 9.17) is 9.15 Å². The van der Waals surface area contributed by atoms with Gasteiger partial charge in [0.1, 0.15) is 23.0 Å². The van der Waals surface area contributed by atoms with E-state index in [2.05, 4.69) is 257 Å². The number of allylic oxidation sites excluding steroid dienone is 2. The standard InChI is InChI=1S/C66H43N3O2/c1-2-14-41(15-3-1)49-20-4-8-24-57(49)67-46-18-12-16-42(36-46)44-29-34-64-54(38-44)52-31-32-61-65(66(52)71-64)53-23-7-11-27-60(53)69(61)47-19-13-17-43(37-47)45-28-33-62-55(39-45)56-40-48(30-35-63(56)70-62)68-58-25-9-5-21-50(58)51-22-6-10-26-59(51)68/h1-40,56,63,67H. The molecule has 15 rings (SSSR count). The van der Waals surface area contributed by atoms with Crippen LogP contribution in [-0.2, 0) is 0 Å². The monoisotopic (exact) mass is 909 g/mol. The molecule has 1 aliphatic heterocycles. The van der Waals surface area contributed by atoms with Gasteiger partial charge in [0.25, 0.3) is 0 Å². The Hall–Kier alpha value is -9.32. The van der Waals surface area contributed by atoms with Crippen LogP contribution in [0.2, 0.25) is 0 Å². The van der Waals surface area contributed by atoms with E-state index in [1.807, 2.05) is 0 Å². The average molecular weight is 910 g/mol. The van der Waals surface area contributed by atoms with E-state index in [-0.39, 0.29) is 12.0 Å². The molecule has 71 heavy (non-hydrogen) atoms. The lowest BCUT2D eigenvalue weighted by atomic mass is 9.89. The second kappa shape index (κ2) is 15.6. The molecule has 4 heterocycles. The maximum absolute atomic E-state index is 6.88. The van der Waals surface area contributed by atoms with Crippen molar-refractivity contribution in [2.24, 2.45) is 0 Å². The highest BCUT2D eigenvalue weighted by Crippen LogP contribution is 2.47. The number of anilines is 2. The Labute approximate surface area is 409 Å². The van der Waals surface area contributed by atoms with Crippen LogP contribution in [0.4, 0.5) is 11.4 Å². The van der Waals surface area contributed by atoms with E-state index in [0.717, 1.165) is 94.5 Å². The van der Waals surface area contributed by atoms with Crippen molar-refractivity contribution in [3.05, 3.63) is 248 Å². The molecule has 10 aromatic carbocycles. The van der Waals surface area contributed by atoms with Crippen LogP contribution < -0.4 is 10.1 Å². The zero-order valence-corrected chi connectivity index (χ0v) is 38.5. The molecule has 334 valence electrons. The van der Waals surface area contributed by atoms with Gasteiger partial charge in [-0.25, -0.2) is 0 Å². The fourth-order valence-electron chi connectivity index (χ4n) is 11.6. The van der Waals surface area contributed by atoms with Gasteiger partial charge in [-0.15, -0.1) is 0 Å². The van der Waals surface area contributed by atoms with Gasteiger partial charge in [0.15, 0.2) is 0 Å². The minimum absolute atomic E-state index is 0.0506. The summed E-state index contributed by atoms with van der Waals surface area (Å²) >= 11 is 0. The van der Waals surface area contributed by atoms with Gasteiger partial charge in [-0.1, -0.05) is 140 Å². The minimum atomic E-state index is -0.0506. The summed E-state index contributed by atoms with van der Waals surface area (Å²) in [5.74, 6) is 1.03. The molecule has 1 aliphatic carbocycles. The van der Waals surface area contributed by atoms with E-state index in [1.54, 1.807) is 0 Å². The predicted molar refractivity (Wildman–Crippen MR) is 294 cm³/mol. The van der Waals surface area contributed by atoms with Crippen molar-refractivity contribution < 1.29 is 9.15 Å². The number of furan rings is 1. The van der Waals surface area contributed by atoms with Crippen LogP contribution in [0.3, 0.4) is 0 Å². The van der Waals surface area contributed by atoms with Crippen LogP contribution in [0.5, 0.6) is 5.75 Å². The van der Waals surface area contributed by atoms with Crippen molar-refractivity contribution in [1.29, 1.82) is 0 Å². The lowest BCUT2D eigenvalue weighted by Crippen LogP contribution is -2.18. The molecule has 0 amide bonds. The molecule has 0 saturated carbocycles. The number of benzene rings is 10. The number of para-hydroxylation sites is 4. The average Bonchev–Trinajstić information content (AvgIpc) is 4.19. The van der Waals surface area contributed by atoms with Crippen molar-refractivity contribution in [2.75, 3.05) is 5.32 Å².